The monoisotopic (exact) mass is 321 g/mol. The lowest BCUT2D eigenvalue weighted by Gasteiger charge is -2.16. The Balaban J connectivity index is 3.21. The molecule has 0 saturated carbocycles. The Labute approximate surface area is 108 Å². The third kappa shape index (κ3) is 3.27. The first kappa shape index (κ1) is 14.1. The van der Waals surface area contributed by atoms with Crippen LogP contribution in [0.3, 0.4) is 0 Å². The first-order valence-electron chi connectivity index (χ1n) is 4.69. The van der Waals surface area contributed by atoms with Crippen molar-refractivity contribution in [2.24, 2.45) is 0 Å². The van der Waals surface area contributed by atoms with Gasteiger partial charge in [0.2, 0.25) is 10.0 Å². The van der Waals surface area contributed by atoms with E-state index in [1.165, 1.54) is 13.1 Å². The van der Waals surface area contributed by atoms with Gasteiger partial charge in [-0.1, -0.05) is 22.0 Å². The van der Waals surface area contributed by atoms with E-state index in [0.29, 0.717) is 10.0 Å². The minimum atomic E-state index is -3.76. The van der Waals surface area contributed by atoms with Crippen LogP contribution in [0.4, 0.5) is 0 Å². The fourth-order valence-corrected chi connectivity index (χ4v) is 3.17. The van der Waals surface area contributed by atoms with Crippen molar-refractivity contribution in [3.8, 4) is 0 Å². The van der Waals surface area contributed by atoms with Crippen molar-refractivity contribution in [1.29, 1.82) is 0 Å². The Morgan fingerprint density at radius 3 is 2.59 bits per heavy atom. The van der Waals surface area contributed by atoms with Crippen molar-refractivity contribution in [3.63, 3.8) is 0 Å². The summed E-state index contributed by atoms with van der Waals surface area (Å²) in [7, 11) is -2.52. The number of aliphatic carboxylic acids is 1. The first-order valence-corrected chi connectivity index (χ1v) is 6.92. The van der Waals surface area contributed by atoms with Crippen LogP contribution in [0.5, 0.6) is 0 Å². The minimum Gasteiger partial charge on any atom is -0.480 e. The van der Waals surface area contributed by atoms with Crippen molar-refractivity contribution < 1.29 is 18.3 Å². The van der Waals surface area contributed by atoms with E-state index in [0.717, 1.165) is 4.31 Å². The van der Waals surface area contributed by atoms with Gasteiger partial charge in [-0.25, -0.2) is 8.42 Å². The zero-order chi connectivity index (χ0) is 13.2. The van der Waals surface area contributed by atoms with E-state index in [1.54, 1.807) is 19.1 Å². The third-order valence-electron chi connectivity index (χ3n) is 2.20. The van der Waals surface area contributed by atoms with Gasteiger partial charge in [0.1, 0.15) is 6.54 Å². The predicted molar refractivity (Wildman–Crippen MR) is 66.3 cm³/mol. The Bertz CT molecular complexity index is 541. The maximum absolute atomic E-state index is 12.1. The number of benzene rings is 1. The van der Waals surface area contributed by atoms with Gasteiger partial charge in [0, 0.05) is 11.5 Å². The van der Waals surface area contributed by atoms with Crippen LogP contribution in [0, 0.1) is 6.92 Å². The number of hydrogen-bond acceptors (Lipinski definition) is 3. The molecule has 0 radical (unpaired) electrons. The molecule has 1 N–H and O–H groups in total. The first-order chi connectivity index (χ1) is 7.75. The van der Waals surface area contributed by atoms with Crippen molar-refractivity contribution in [2.75, 3.05) is 13.6 Å². The van der Waals surface area contributed by atoms with Gasteiger partial charge in [-0.2, -0.15) is 4.31 Å². The Morgan fingerprint density at radius 2 is 2.06 bits per heavy atom. The largest absolute Gasteiger partial charge is 0.480 e. The second-order valence-corrected chi connectivity index (χ2v) is 6.49. The fraction of sp³-hybridized carbons (Fsp3) is 0.300. The SMILES string of the molecule is Cc1ccc(Br)cc1S(=O)(=O)N(C)CC(=O)O. The van der Waals surface area contributed by atoms with Gasteiger partial charge in [0.15, 0.2) is 0 Å². The van der Waals surface area contributed by atoms with Crippen LogP contribution in [0.15, 0.2) is 27.6 Å². The summed E-state index contributed by atoms with van der Waals surface area (Å²) in [6, 6.07) is 4.85. The molecule has 0 bridgehead atoms. The van der Waals surface area contributed by atoms with Crippen molar-refractivity contribution >= 4 is 31.9 Å². The van der Waals surface area contributed by atoms with Crippen LogP contribution < -0.4 is 0 Å². The van der Waals surface area contributed by atoms with Crippen LogP contribution in [-0.4, -0.2) is 37.4 Å². The maximum Gasteiger partial charge on any atom is 0.318 e. The van der Waals surface area contributed by atoms with E-state index in [9.17, 15) is 13.2 Å². The molecule has 0 unspecified atom stereocenters. The predicted octanol–water partition coefficient (Wildman–Crippen LogP) is 1.46. The molecular weight excluding hydrogens is 310 g/mol. The standard InChI is InChI=1S/C10H12BrNO4S/c1-7-3-4-8(11)5-9(7)17(15,16)12(2)6-10(13)14/h3-5H,6H2,1-2H3,(H,13,14). The molecule has 0 atom stereocenters. The highest BCUT2D eigenvalue weighted by Gasteiger charge is 2.24. The molecular formula is C10H12BrNO4S. The number of carbonyl (C=O) groups is 1. The van der Waals surface area contributed by atoms with Crippen molar-refractivity contribution in [2.45, 2.75) is 11.8 Å². The second-order valence-electron chi connectivity index (χ2n) is 3.56. The van der Waals surface area contributed by atoms with Crippen LogP contribution in [0.1, 0.15) is 5.56 Å². The van der Waals surface area contributed by atoms with E-state index in [2.05, 4.69) is 15.9 Å². The average molecular weight is 322 g/mol. The normalized spacial score (nSPS) is 11.8. The summed E-state index contributed by atoms with van der Waals surface area (Å²) in [5.41, 5.74) is 0.574. The van der Waals surface area contributed by atoms with Crippen LogP contribution >= 0.6 is 15.9 Å². The molecule has 1 aromatic carbocycles. The number of nitrogens with zero attached hydrogens (tertiary/aromatic N) is 1. The summed E-state index contributed by atoms with van der Waals surface area (Å²) in [4.78, 5) is 10.6. The third-order valence-corrected chi connectivity index (χ3v) is 4.63. The Hall–Kier alpha value is -0.920. The molecule has 0 heterocycles. The quantitative estimate of drug-likeness (QED) is 0.911. The van der Waals surface area contributed by atoms with E-state index in [4.69, 9.17) is 5.11 Å². The highest BCUT2D eigenvalue weighted by Crippen LogP contribution is 2.22. The molecule has 17 heavy (non-hydrogen) atoms. The highest BCUT2D eigenvalue weighted by molar-refractivity contribution is 9.10. The number of hydrogen-bond donors (Lipinski definition) is 1. The smallest absolute Gasteiger partial charge is 0.318 e. The lowest BCUT2D eigenvalue weighted by atomic mass is 10.2. The topological polar surface area (TPSA) is 74.7 Å². The van der Waals surface area contributed by atoms with Gasteiger partial charge in [0.25, 0.3) is 0 Å². The Morgan fingerprint density at radius 1 is 1.47 bits per heavy atom. The molecule has 0 aromatic heterocycles. The van der Waals surface area contributed by atoms with Gasteiger partial charge in [-0.3, -0.25) is 4.79 Å². The molecule has 0 aliphatic heterocycles. The molecule has 0 amide bonds. The van der Waals surface area contributed by atoms with Gasteiger partial charge in [-0.05, 0) is 24.6 Å². The van der Waals surface area contributed by atoms with Crippen LogP contribution in [-0.2, 0) is 14.8 Å². The van der Waals surface area contributed by atoms with Gasteiger partial charge in [-0.15, -0.1) is 0 Å². The lowest BCUT2D eigenvalue weighted by molar-refractivity contribution is -0.137. The van der Waals surface area contributed by atoms with Gasteiger partial charge >= 0.3 is 5.97 Å². The number of halogens is 1. The summed E-state index contributed by atoms with van der Waals surface area (Å²) < 4.78 is 25.6. The maximum atomic E-state index is 12.1. The van der Waals surface area contributed by atoms with Crippen molar-refractivity contribution in [3.05, 3.63) is 28.2 Å². The van der Waals surface area contributed by atoms with E-state index in [1.807, 2.05) is 0 Å². The molecule has 7 heteroatoms. The average Bonchev–Trinajstić information content (AvgIpc) is 2.20. The van der Waals surface area contributed by atoms with Gasteiger partial charge < -0.3 is 5.11 Å². The number of rotatable bonds is 4. The minimum absolute atomic E-state index is 0.107. The van der Waals surface area contributed by atoms with E-state index >= 15 is 0 Å². The molecule has 94 valence electrons. The zero-order valence-electron chi connectivity index (χ0n) is 9.34. The summed E-state index contributed by atoms with van der Waals surface area (Å²) in [5, 5.41) is 8.60. The number of sulfonamides is 1. The molecule has 1 aromatic rings. The lowest BCUT2D eigenvalue weighted by Crippen LogP contribution is -2.32. The highest BCUT2D eigenvalue weighted by atomic mass is 79.9. The molecule has 0 aliphatic carbocycles. The van der Waals surface area contributed by atoms with Crippen LogP contribution in [0.2, 0.25) is 0 Å². The molecule has 0 saturated heterocycles. The number of aryl methyl sites for hydroxylation is 1. The summed E-state index contributed by atoms with van der Waals surface area (Å²) in [6.07, 6.45) is 0. The Kier molecular flexibility index (Phi) is 4.29. The molecule has 5 nitrogen and oxygen atoms in total. The van der Waals surface area contributed by atoms with E-state index < -0.39 is 22.5 Å². The molecule has 0 fully saturated rings. The van der Waals surface area contributed by atoms with Crippen LogP contribution in [0.25, 0.3) is 0 Å². The second kappa shape index (κ2) is 5.16. The summed E-state index contributed by atoms with van der Waals surface area (Å²) in [5.74, 6) is -1.19. The zero-order valence-corrected chi connectivity index (χ0v) is 11.7. The molecule has 1 rings (SSSR count). The summed E-state index contributed by atoms with van der Waals surface area (Å²) >= 11 is 3.19. The molecule has 0 aliphatic rings. The van der Waals surface area contributed by atoms with Crippen molar-refractivity contribution in [1.82, 2.24) is 4.31 Å². The fourth-order valence-electron chi connectivity index (χ4n) is 1.30. The van der Waals surface area contributed by atoms with Gasteiger partial charge in [0.05, 0.1) is 4.90 Å². The number of carboxylic acid groups (broad SMARTS) is 1. The van der Waals surface area contributed by atoms with E-state index in [-0.39, 0.29) is 4.90 Å². The molecule has 0 spiro atoms. The summed E-state index contributed by atoms with van der Waals surface area (Å²) in [6.45, 7) is 1.10. The number of likely N-dealkylation sites (N-methyl/N-ethyl adjacent to an activating group) is 1. The number of carboxylic acids is 1.